The van der Waals surface area contributed by atoms with Crippen molar-refractivity contribution in [2.24, 2.45) is 5.73 Å². The van der Waals surface area contributed by atoms with Gasteiger partial charge in [-0.25, -0.2) is 0 Å². The third-order valence-corrected chi connectivity index (χ3v) is 2.33. The molecule has 0 aromatic rings. The lowest BCUT2D eigenvalue weighted by Crippen LogP contribution is -2.30. The van der Waals surface area contributed by atoms with Crippen molar-refractivity contribution in [3.8, 4) is 0 Å². The molecule has 1 unspecified atom stereocenters. The highest BCUT2D eigenvalue weighted by molar-refractivity contribution is 7.99. The van der Waals surface area contributed by atoms with Gasteiger partial charge in [-0.05, 0) is 19.1 Å². The molecule has 70 valence electrons. The van der Waals surface area contributed by atoms with E-state index in [0.717, 1.165) is 0 Å². The first-order chi connectivity index (χ1) is 5.54. The van der Waals surface area contributed by atoms with Gasteiger partial charge < -0.3 is 10.8 Å². The first-order valence-electron chi connectivity index (χ1n) is 3.59. The highest BCUT2D eigenvalue weighted by atomic mass is 32.2. The number of rotatable bonds is 6. The normalized spacial score (nSPS) is 12.5. The Morgan fingerprint density at radius 3 is 2.58 bits per heavy atom. The third kappa shape index (κ3) is 6.18. The Kier molecular flexibility index (Phi) is 5.74. The van der Waals surface area contributed by atoms with Gasteiger partial charge in [0.25, 0.3) is 0 Å². The Labute approximate surface area is 75.5 Å². The van der Waals surface area contributed by atoms with Crippen LogP contribution in [0.25, 0.3) is 0 Å². The highest BCUT2D eigenvalue weighted by Crippen LogP contribution is 2.03. The summed E-state index contributed by atoms with van der Waals surface area (Å²) in [6.07, 6.45) is 0.410. The molecule has 0 aromatic heterocycles. The van der Waals surface area contributed by atoms with Crippen molar-refractivity contribution in [3.63, 3.8) is 0 Å². The molecule has 3 N–H and O–H groups in total. The fraction of sp³-hybridized carbons (Fsp3) is 0.714. The number of Topliss-reactive ketones (excluding diaryl/α,β-unsaturated/α-hetero) is 1. The van der Waals surface area contributed by atoms with Gasteiger partial charge in [-0.2, -0.15) is 11.8 Å². The fourth-order valence-electron chi connectivity index (χ4n) is 0.550. The molecule has 0 aliphatic heterocycles. The fourth-order valence-corrected chi connectivity index (χ4v) is 1.40. The van der Waals surface area contributed by atoms with Gasteiger partial charge in [0.05, 0.1) is 5.75 Å². The standard InChI is InChI=1S/C7H13NO3S/c1-5(9)4-12-3-2-6(8)7(10)11/h6H,2-4,8H2,1H3,(H,10,11). The molecular weight excluding hydrogens is 178 g/mol. The maximum absolute atomic E-state index is 10.5. The predicted molar refractivity (Wildman–Crippen MR) is 48.2 cm³/mol. The van der Waals surface area contributed by atoms with E-state index in [9.17, 15) is 9.59 Å². The van der Waals surface area contributed by atoms with Gasteiger partial charge >= 0.3 is 5.97 Å². The summed E-state index contributed by atoms with van der Waals surface area (Å²) in [4.78, 5) is 20.7. The summed E-state index contributed by atoms with van der Waals surface area (Å²) in [6.45, 7) is 1.50. The molecular formula is C7H13NO3S. The number of nitrogens with two attached hydrogens (primary N) is 1. The lowest BCUT2D eigenvalue weighted by molar-refractivity contribution is -0.138. The molecule has 0 saturated heterocycles. The molecule has 0 rings (SSSR count). The van der Waals surface area contributed by atoms with Crippen LogP contribution in [0.1, 0.15) is 13.3 Å². The van der Waals surface area contributed by atoms with E-state index in [1.807, 2.05) is 0 Å². The zero-order chi connectivity index (χ0) is 9.56. The molecule has 0 amide bonds. The second-order valence-electron chi connectivity index (χ2n) is 2.49. The number of aliphatic carboxylic acids is 1. The number of carboxylic acids is 1. The van der Waals surface area contributed by atoms with E-state index in [1.54, 1.807) is 0 Å². The smallest absolute Gasteiger partial charge is 0.320 e. The summed E-state index contributed by atoms with van der Waals surface area (Å²) < 4.78 is 0. The van der Waals surface area contributed by atoms with Crippen LogP contribution in [-0.4, -0.2) is 34.4 Å². The number of carbonyl (C=O) groups is 2. The molecule has 0 spiro atoms. The Bertz CT molecular complexity index is 172. The number of ketones is 1. The SMILES string of the molecule is CC(=O)CSCCC(N)C(=O)O. The molecule has 4 nitrogen and oxygen atoms in total. The Morgan fingerprint density at radius 2 is 2.17 bits per heavy atom. The van der Waals surface area contributed by atoms with Crippen LogP contribution in [0.3, 0.4) is 0 Å². The molecule has 0 saturated carbocycles. The van der Waals surface area contributed by atoms with Crippen molar-refractivity contribution in [3.05, 3.63) is 0 Å². The van der Waals surface area contributed by atoms with Crippen LogP contribution in [-0.2, 0) is 9.59 Å². The Balaban J connectivity index is 3.31. The monoisotopic (exact) mass is 191 g/mol. The van der Waals surface area contributed by atoms with Crippen LogP contribution in [0, 0.1) is 0 Å². The average molecular weight is 191 g/mol. The van der Waals surface area contributed by atoms with E-state index in [4.69, 9.17) is 10.8 Å². The molecule has 1 atom stereocenters. The first kappa shape index (κ1) is 11.4. The molecule has 0 bridgehead atoms. The van der Waals surface area contributed by atoms with Gasteiger partial charge in [0, 0.05) is 0 Å². The van der Waals surface area contributed by atoms with Crippen LogP contribution in [0.2, 0.25) is 0 Å². The van der Waals surface area contributed by atoms with Crippen LogP contribution in [0.4, 0.5) is 0 Å². The van der Waals surface area contributed by atoms with Crippen molar-refractivity contribution in [1.82, 2.24) is 0 Å². The Morgan fingerprint density at radius 1 is 1.58 bits per heavy atom. The molecule has 0 radical (unpaired) electrons. The van der Waals surface area contributed by atoms with Crippen LogP contribution in [0.5, 0.6) is 0 Å². The molecule has 0 aromatic carbocycles. The van der Waals surface area contributed by atoms with Crippen molar-refractivity contribution in [1.29, 1.82) is 0 Å². The van der Waals surface area contributed by atoms with Gasteiger partial charge in [0.15, 0.2) is 0 Å². The largest absolute Gasteiger partial charge is 0.480 e. The van der Waals surface area contributed by atoms with Crippen molar-refractivity contribution in [2.75, 3.05) is 11.5 Å². The minimum atomic E-state index is -0.988. The van der Waals surface area contributed by atoms with E-state index < -0.39 is 12.0 Å². The third-order valence-electron chi connectivity index (χ3n) is 1.20. The van der Waals surface area contributed by atoms with Gasteiger partial charge in [-0.15, -0.1) is 0 Å². The van der Waals surface area contributed by atoms with Crippen LogP contribution >= 0.6 is 11.8 Å². The predicted octanol–water partition coefficient (Wildman–Crippen LogP) is 0.111. The number of hydrogen-bond acceptors (Lipinski definition) is 4. The van der Waals surface area contributed by atoms with Gasteiger partial charge in [0.1, 0.15) is 11.8 Å². The van der Waals surface area contributed by atoms with Gasteiger partial charge in [-0.1, -0.05) is 0 Å². The highest BCUT2D eigenvalue weighted by Gasteiger charge is 2.10. The molecule has 0 aliphatic rings. The molecule has 0 heterocycles. The summed E-state index contributed by atoms with van der Waals surface area (Å²) in [5.41, 5.74) is 5.24. The molecule has 5 heteroatoms. The summed E-state index contributed by atoms with van der Waals surface area (Å²) >= 11 is 1.41. The Hall–Kier alpha value is -0.550. The number of carbonyl (C=O) groups excluding carboxylic acids is 1. The molecule has 12 heavy (non-hydrogen) atoms. The quantitative estimate of drug-likeness (QED) is 0.582. The van der Waals surface area contributed by atoms with Gasteiger partial charge in [-0.3, -0.25) is 9.59 Å². The second kappa shape index (κ2) is 6.02. The minimum absolute atomic E-state index is 0.101. The number of hydrogen-bond donors (Lipinski definition) is 2. The van der Waals surface area contributed by atoms with E-state index in [1.165, 1.54) is 18.7 Å². The summed E-state index contributed by atoms with van der Waals surface area (Å²) in [6, 6.07) is -0.801. The van der Waals surface area contributed by atoms with Gasteiger partial charge in [0.2, 0.25) is 0 Å². The van der Waals surface area contributed by atoms with E-state index in [-0.39, 0.29) is 5.78 Å². The summed E-state index contributed by atoms with van der Waals surface area (Å²) in [7, 11) is 0. The molecule has 0 fully saturated rings. The lowest BCUT2D eigenvalue weighted by Gasteiger charge is -2.04. The summed E-state index contributed by atoms with van der Waals surface area (Å²) in [5.74, 6) is 0.168. The maximum atomic E-state index is 10.5. The summed E-state index contributed by atoms with van der Waals surface area (Å²) in [5, 5.41) is 8.39. The van der Waals surface area contributed by atoms with E-state index >= 15 is 0 Å². The average Bonchev–Trinajstić information content (AvgIpc) is 1.97. The first-order valence-corrected chi connectivity index (χ1v) is 4.75. The zero-order valence-electron chi connectivity index (χ0n) is 6.95. The van der Waals surface area contributed by atoms with Crippen molar-refractivity contribution < 1.29 is 14.7 Å². The number of carboxylic acid groups (broad SMARTS) is 1. The van der Waals surface area contributed by atoms with Crippen molar-refractivity contribution in [2.45, 2.75) is 19.4 Å². The van der Waals surface area contributed by atoms with Crippen LogP contribution in [0.15, 0.2) is 0 Å². The van der Waals surface area contributed by atoms with Crippen molar-refractivity contribution >= 4 is 23.5 Å². The number of thioether (sulfide) groups is 1. The van der Waals surface area contributed by atoms with E-state index in [0.29, 0.717) is 17.9 Å². The van der Waals surface area contributed by atoms with Crippen LogP contribution < -0.4 is 5.73 Å². The van der Waals surface area contributed by atoms with E-state index in [2.05, 4.69) is 0 Å². The second-order valence-corrected chi connectivity index (χ2v) is 3.59. The topological polar surface area (TPSA) is 80.4 Å². The zero-order valence-corrected chi connectivity index (χ0v) is 7.76. The minimum Gasteiger partial charge on any atom is -0.480 e. The molecule has 0 aliphatic carbocycles. The maximum Gasteiger partial charge on any atom is 0.320 e. The lowest BCUT2D eigenvalue weighted by atomic mass is 10.2.